The number of amides is 3. The van der Waals surface area contributed by atoms with Crippen LogP contribution in [0.2, 0.25) is 0 Å². The van der Waals surface area contributed by atoms with Crippen LogP contribution in [0, 0.1) is 22.0 Å². The molecule has 1 aliphatic rings. The van der Waals surface area contributed by atoms with Gasteiger partial charge in [-0.25, -0.2) is 4.79 Å². The number of ether oxygens (including phenoxy) is 2. The fourth-order valence-corrected chi connectivity index (χ4v) is 3.01. The molecule has 1 saturated heterocycles. The van der Waals surface area contributed by atoms with Gasteiger partial charge in [0.05, 0.1) is 31.8 Å². The van der Waals surface area contributed by atoms with Crippen LogP contribution < -0.4 is 25.0 Å². The van der Waals surface area contributed by atoms with Gasteiger partial charge in [0.25, 0.3) is 11.6 Å². The highest BCUT2D eigenvalue weighted by Gasteiger charge is 2.24. The van der Waals surface area contributed by atoms with Gasteiger partial charge in [-0.3, -0.25) is 19.8 Å². The fraction of sp³-hybridized carbons (Fsp3) is 0.238. The molecular formula is C21H20N4O6. The lowest BCUT2D eigenvalue weighted by Gasteiger charge is -2.13. The Morgan fingerprint density at radius 3 is 2.48 bits per heavy atom. The standard InChI is InChI=1S/C21H20N4O6/c1-30-18-12-16(17(25(28)29)13-19(18)31-2)20(26)22-9-3-4-14-5-7-15(8-6-14)24-11-10-23-21(24)27/h5-8,12-13H,9-11H2,1-2H3,(H,22,26)(H,23,27). The number of carbonyl (C=O) groups is 2. The molecule has 2 aromatic rings. The summed E-state index contributed by atoms with van der Waals surface area (Å²) in [7, 11) is 2.72. The van der Waals surface area contributed by atoms with Gasteiger partial charge in [-0.2, -0.15) is 0 Å². The number of urea groups is 1. The number of nitrogens with one attached hydrogen (secondary N) is 2. The maximum absolute atomic E-state index is 12.4. The molecule has 2 N–H and O–H groups in total. The van der Waals surface area contributed by atoms with Gasteiger partial charge in [-0.05, 0) is 24.3 Å². The summed E-state index contributed by atoms with van der Waals surface area (Å²) in [6.07, 6.45) is 0. The summed E-state index contributed by atoms with van der Waals surface area (Å²) in [6, 6.07) is 9.39. The van der Waals surface area contributed by atoms with Crippen LogP contribution in [0.3, 0.4) is 0 Å². The number of hydrogen-bond acceptors (Lipinski definition) is 6. The molecule has 160 valence electrons. The molecule has 0 unspecified atom stereocenters. The van der Waals surface area contributed by atoms with Gasteiger partial charge in [0.15, 0.2) is 11.5 Å². The molecule has 0 bridgehead atoms. The number of methoxy groups -OCH3 is 2. The smallest absolute Gasteiger partial charge is 0.321 e. The van der Waals surface area contributed by atoms with Crippen molar-refractivity contribution in [3.63, 3.8) is 0 Å². The van der Waals surface area contributed by atoms with E-state index in [1.54, 1.807) is 29.2 Å². The lowest BCUT2D eigenvalue weighted by Crippen LogP contribution is -2.27. The lowest BCUT2D eigenvalue weighted by molar-refractivity contribution is -0.385. The average Bonchev–Trinajstić information content (AvgIpc) is 3.21. The van der Waals surface area contributed by atoms with E-state index in [1.165, 1.54) is 20.3 Å². The summed E-state index contributed by atoms with van der Waals surface area (Å²) in [5, 5.41) is 16.6. The van der Waals surface area contributed by atoms with Gasteiger partial charge in [-0.15, -0.1) is 0 Å². The van der Waals surface area contributed by atoms with Crippen LogP contribution in [-0.2, 0) is 0 Å². The Hall–Kier alpha value is -4.26. The first-order valence-corrected chi connectivity index (χ1v) is 9.27. The van der Waals surface area contributed by atoms with E-state index in [0.29, 0.717) is 18.7 Å². The number of nitro benzene ring substituents is 1. The molecule has 0 aromatic heterocycles. The summed E-state index contributed by atoms with van der Waals surface area (Å²) >= 11 is 0. The van der Waals surface area contributed by atoms with E-state index in [4.69, 9.17) is 9.47 Å². The van der Waals surface area contributed by atoms with Crippen LogP contribution in [0.15, 0.2) is 36.4 Å². The van der Waals surface area contributed by atoms with E-state index in [9.17, 15) is 19.7 Å². The van der Waals surface area contributed by atoms with Crippen molar-refractivity contribution < 1.29 is 24.0 Å². The Bertz CT molecular complexity index is 1070. The molecule has 10 heteroatoms. The van der Waals surface area contributed by atoms with Crippen LogP contribution in [0.1, 0.15) is 15.9 Å². The van der Waals surface area contributed by atoms with Crippen LogP contribution >= 0.6 is 0 Å². The minimum absolute atomic E-state index is 0.0133. The van der Waals surface area contributed by atoms with E-state index in [1.807, 2.05) is 0 Å². The van der Waals surface area contributed by atoms with E-state index in [-0.39, 0.29) is 29.6 Å². The Morgan fingerprint density at radius 2 is 1.90 bits per heavy atom. The molecular weight excluding hydrogens is 404 g/mol. The molecule has 0 spiro atoms. The Morgan fingerprint density at radius 1 is 1.23 bits per heavy atom. The van der Waals surface area contributed by atoms with Crippen molar-refractivity contribution in [1.82, 2.24) is 10.6 Å². The van der Waals surface area contributed by atoms with Crippen molar-refractivity contribution in [1.29, 1.82) is 0 Å². The lowest BCUT2D eigenvalue weighted by atomic mass is 10.1. The van der Waals surface area contributed by atoms with E-state index >= 15 is 0 Å². The van der Waals surface area contributed by atoms with Crippen LogP contribution in [0.4, 0.5) is 16.2 Å². The van der Waals surface area contributed by atoms with Crippen molar-refractivity contribution in [3.05, 3.63) is 57.6 Å². The first-order valence-electron chi connectivity index (χ1n) is 9.27. The van der Waals surface area contributed by atoms with Gasteiger partial charge in [0, 0.05) is 30.4 Å². The first-order chi connectivity index (χ1) is 14.9. The number of nitro groups is 1. The molecule has 1 aliphatic heterocycles. The monoisotopic (exact) mass is 424 g/mol. The number of carbonyl (C=O) groups excluding carboxylic acids is 2. The number of benzene rings is 2. The maximum Gasteiger partial charge on any atom is 0.321 e. The maximum atomic E-state index is 12.4. The number of rotatable bonds is 6. The van der Waals surface area contributed by atoms with Crippen LogP contribution in [-0.4, -0.2) is 50.7 Å². The van der Waals surface area contributed by atoms with Crippen LogP contribution in [0.25, 0.3) is 0 Å². The summed E-state index contributed by atoms with van der Waals surface area (Å²) in [5.74, 6) is 5.40. The van der Waals surface area contributed by atoms with Crippen molar-refractivity contribution in [2.24, 2.45) is 0 Å². The number of anilines is 1. The van der Waals surface area contributed by atoms with E-state index in [0.717, 1.165) is 11.8 Å². The fourth-order valence-electron chi connectivity index (χ4n) is 3.01. The van der Waals surface area contributed by atoms with Gasteiger partial charge in [0.2, 0.25) is 0 Å². The highest BCUT2D eigenvalue weighted by molar-refractivity contribution is 5.99. The highest BCUT2D eigenvalue weighted by atomic mass is 16.6. The summed E-state index contributed by atoms with van der Waals surface area (Å²) in [6.45, 7) is 1.21. The van der Waals surface area contributed by atoms with Gasteiger partial charge >= 0.3 is 6.03 Å². The molecule has 1 fully saturated rings. The minimum atomic E-state index is -0.662. The third kappa shape index (κ3) is 4.84. The Balaban J connectivity index is 1.66. The third-order valence-corrected chi connectivity index (χ3v) is 4.55. The van der Waals surface area contributed by atoms with Crippen molar-refractivity contribution in [2.45, 2.75) is 0 Å². The summed E-state index contributed by atoms with van der Waals surface area (Å²) in [5.41, 5.74) is 0.923. The largest absolute Gasteiger partial charge is 0.493 e. The number of nitrogens with zero attached hydrogens (tertiary/aromatic N) is 2. The highest BCUT2D eigenvalue weighted by Crippen LogP contribution is 2.34. The Labute approximate surface area is 178 Å². The van der Waals surface area contributed by atoms with Crippen LogP contribution in [0.5, 0.6) is 11.5 Å². The normalized spacial score (nSPS) is 12.5. The molecule has 0 radical (unpaired) electrons. The minimum Gasteiger partial charge on any atom is -0.493 e. The molecule has 3 amide bonds. The predicted molar refractivity (Wildman–Crippen MR) is 113 cm³/mol. The zero-order valence-electron chi connectivity index (χ0n) is 16.9. The number of hydrogen-bond donors (Lipinski definition) is 2. The van der Waals surface area contributed by atoms with Crippen molar-refractivity contribution in [3.8, 4) is 23.3 Å². The van der Waals surface area contributed by atoms with Gasteiger partial charge in [0.1, 0.15) is 5.56 Å². The first kappa shape index (κ1) is 21.4. The molecule has 2 aromatic carbocycles. The van der Waals surface area contributed by atoms with Gasteiger partial charge in [-0.1, -0.05) is 11.8 Å². The summed E-state index contributed by atoms with van der Waals surface area (Å²) < 4.78 is 10.2. The van der Waals surface area contributed by atoms with E-state index < -0.39 is 16.5 Å². The average molecular weight is 424 g/mol. The Kier molecular flexibility index (Phi) is 6.57. The zero-order chi connectivity index (χ0) is 22.4. The van der Waals surface area contributed by atoms with Crippen molar-refractivity contribution >= 4 is 23.3 Å². The molecule has 10 nitrogen and oxygen atoms in total. The molecule has 0 aliphatic carbocycles. The second kappa shape index (κ2) is 9.49. The van der Waals surface area contributed by atoms with Gasteiger partial charge < -0.3 is 20.1 Å². The molecule has 0 atom stereocenters. The van der Waals surface area contributed by atoms with E-state index in [2.05, 4.69) is 22.5 Å². The molecule has 1 heterocycles. The zero-order valence-corrected chi connectivity index (χ0v) is 16.9. The molecule has 0 saturated carbocycles. The second-order valence-corrected chi connectivity index (χ2v) is 6.40. The molecule has 3 rings (SSSR count). The second-order valence-electron chi connectivity index (χ2n) is 6.40. The predicted octanol–water partition coefficient (Wildman–Crippen LogP) is 1.92. The van der Waals surface area contributed by atoms with Crippen molar-refractivity contribution in [2.75, 3.05) is 38.8 Å². The molecule has 31 heavy (non-hydrogen) atoms. The SMILES string of the molecule is COc1cc(C(=O)NCC#Cc2ccc(N3CCNC3=O)cc2)c([N+](=O)[O-])cc1OC. The quantitative estimate of drug-likeness (QED) is 0.415. The summed E-state index contributed by atoms with van der Waals surface area (Å²) in [4.78, 5) is 36.4. The topological polar surface area (TPSA) is 123 Å². The third-order valence-electron chi connectivity index (χ3n) is 4.55.